The van der Waals surface area contributed by atoms with Crippen molar-refractivity contribution < 1.29 is 0 Å². The summed E-state index contributed by atoms with van der Waals surface area (Å²) in [4.78, 5) is 9.39. The van der Waals surface area contributed by atoms with Crippen molar-refractivity contribution in [3.63, 3.8) is 0 Å². The summed E-state index contributed by atoms with van der Waals surface area (Å²) in [7, 11) is 0. The molecule has 0 fully saturated rings. The van der Waals surface area contributed by atoms with E-state index in [4.69, 9.17) is 5.73 Å². The van der Waals surface area contributed by atoms with Crippen LogP contribution in [0.15, 0.2) is 35.6 Å². The highest BCUT2D eigenvalue weighted by Gasteiger charge is 2.00. The molecule has 0 aliphatic carbocycles. The largest absolute Gasteiger partial charge is 0.375 e. The number of rotatable bonds is 3. The zero-order chi connectivity index (χ0) is 9.80. The van der Waals surface area contributed by atoms with E-state index in [-0.39, 0.29) is 0 Å². The van der Waals surface area contributed by atoms with E-state index in [9.17, 15) is 0 Å². The highest BCUT2D eigenvalue weighted by Crippen LogP contribution is 2.24. The van der Waals surface area contributed by atoms with Crippen molar-refractivity contribution in [3.8, 4) is 0 Å². The van der Waals surface area contributed by atoms with E-state index in [0.717, 1.165) is 10.8 Å². The second-order valence-corrected chi connectivity index (χ2v) is 4.76. The monoisotopic (exact) mass is 223 g/mol. The fraction of sp³-hybridized carbons (Fsp3) is 0.111. The van der Waals surface area contributed by atoms with Gasteiger partial charge in [-0.05, 0) is 12.1 Å². The first kappa shape index (κ1) is 9.48. The van der Waals surface area contributed by atoms with Crippen LogP contribution in [0.5, 0.6) is 0 Å². The Morgan fingerprint density at radius 3 is 2.93 bits per heavy atom. The Kier molecular flexibility index (Phi) is 3.00. The minimum Gasteiger partial charge on any atom is -0.375 e. The normalized spacial score (nSPS) is 10.3. The van der Waals surface area contributed by atoms with E-state index in [1.165, 1.54) is 16.2 Å². The molecular weight excluding hydrogens is 214 g/mol. The van der Waals surface area contributed by atoms with Crippen LogP contribution in [0.4, 0.5) is 5.13 Å². The maximum atomic E-state index is 5.53. The minimum atomic E-state index is 0.627. The maximum absolute atomic E-state index is 5.53. The fourth-order valence-electron chi connectivity index (χ4n) is 0.967. The third-order valence-electron chi connectivity index (χ3n) is 1.57. The predicted molar refractivity (Wildman–Crippen MR) is 60.3 cm³/mol. The lowest BCUT2D eigenvalue weighted by atomic mass is 10.5. The molecule has 0 aliphatic rings. The summed E-state index contributed by atoms with van der Waals surface area (Å²) in [5.74, 6) is 0.881. The van der Waals surface area contributed by atoms with Crippen LogP contribution in [-0.2, 0) is 5.75 Å². The van der Waals surface area contributed by atoms with Crippen molar-refractivity contribution in [3.05, 3.63) is 35.5 Å². The van der Waals surface area contributed by atoms with Crippen molar-refractivity contribution in [2.75, 3.05) is 5.73 Å². The average molecular weight is 223 g/mol. The Hall–Kier alpha value is -1.07. The summed E-state index contributed by atoms with van der Waals surface area (Å²) in [6, 6.07) is 5.89. The van der Waals surface area contributed by atoms with Crippen LogP contribution in [0.25, 0.3) is 0 Å². The van der Waals surface area contributed by atoms with Crippen LogP contribution in [0, 0.1) is 0 Å². The SMILES string of the molecule is Nc1ncc(CSc2ccccn2)s1. The quantitative estimate of drug-likeness (QED) is 0.812. The highest BCUT2D eigenvalue weighted by molar-refractivity contribution is 7.98. The van der Waals surface area contributed by atoms with Crippen molar-refractivity contribution in [1.82, 2.24) is 9.97 Å². The third kappa shape index (κ3) is 2.46. The molecule has 0 radical (unpaired) electrons. The number of nitrogens with zero attached hydrogens (tertiary/aromatic N) is 2. The molecule has 0 amide bonds. The van der Waals surface area contributed by atoms with Gasteiger partial charge in [0.2, 0.25) is 0 Å². The summed E-state index contributed by atoms with van der Waals surface area (Å²) >= 11 is 3.22. The zero-order valence-corrected chi connectivity index (χ0v) is 9.02. The molecule has 2 rings (SSSR count). The molecule has 0 saturated carbocycles. The molecule has 0 saturated heterocycles. The molecule has 0 bridgehead atoms. The first-order chi connectivity index (χ1) is 6.84. The number of nitrogens with two attached hydrogens (primary N) is 1. The van der Waals surface area contributed by atoms with Gasteiger partial charge in [0.1, 0.15) is 0 Å². The van der Waals surface area contributed by atoms with Crippen molar-refractivity contribution in [2.24, 2.45) is 0 Å². The minimum absolute atomic E-state index is 0.627. The Balaban J connectivity index is 1.95. The Labute approximate surface area is 90.4 Å². The predicted octanol–water partition coefficient (Wildman–Crippen LogP) is 2.41. The molecule has 2 heterocycles. The number of pyridine rings is 1. The molecule has 5 heteroatoms. The van der Waals surface area contributed by atoms with Gasteiger partial charge in [-0.1, -0.05) is 6.07 Å². The van der Waals surface area contributed by atoms with Crippen LogP contribution < -0.4 is 5.73 Å². The van der Waals surface area contributed by atoms with E-state index in [1.54, 1.807) is 18.0 Å². The van der Waals surface area contributed by atoms with E-state index in [1.807, 2.05) is 24.4 Å². The fourth-order valence-corrected chi connectivity index (χ4v) is 2.53. The molecule has 0 aliphatic heterocycles. The number of nitrogen functional groups attached to an aromatic ring is 1. The molecule has 0 atom stereocenters. The van der Waals surface area contributed by atoms with Gasteiger partial charge in [0, 0.05) is 23.0 Å². The number of thiazole rings is 1. The number of anilines is 1. The second-order valence-electron chi connectivity index (χ2n) is 2.62. The van der Waals surface area contributed by atoms with Gasteiger partial charge >= 0.3 is 0 Å². The molecule has 2 N–H and O–H groups in total. The zero-order valence-electron chi connectivity index (χ0n) is 7.38. The van der Waals surface area contributed by atoms with Crippen molar-refractivity contribution in [2.45, 2.75) is 10.8 Å². The first-order valence-electron chi connectivity index (χ1n) is 4.08. The van der Waals surface area contributed by atoms with Crippen LogP contribution in [0.1, 0.15) is 4.88 Å². The van der Waals surface area contributed by atoms with Gasteiger partial charge in [0.05, 0.1) is 5.03 Å². The lowest BCUT2D eigenvalue weighted by molar-refractivity contribution is 1.13. The van der Waals surface area contributed by atoms with Crippen LogP contribution in [-0.4, -0.2) is 9.97 Å². The standard InChI is InChI=1S/C9H9N3S2/c10-9-12-5-7(14-9)6-13-8-3-1-2-4-11-8/h1-5H,6H2,(H2,10,12). The summed E-state index contributed by atoms with van der Waals surface area (Å²) in [5.41, 5.74) is 5.53. The molecule has 0 unspecified atom stereocenters. The van der Waals surface area contributed by atoms with Crippen LogP contribution in [0.3, 0.4) is 0 Å². The van der Waals surface area contributed by atoms with Crippen molar-refractivity contribution >= 4 is 28.2 Å². The molecule has 0 spiro atoms. The average Bonchev–Trinajstić information content (AvgIpc) is 2.63. The Bertz CT molecular complexity index is 399. The lowest BCUT2D eigenvalue weighted by Gasteiger charge is -1.96. The topological polar surface area (TPSA) is 51.8 Å². The molecule has 3 nitrogen and oxygen atoms in total. The van der Waals surface area contributed by atoms with E-state index >= 15 is 0 Å². The summed E-state index contributed by atoms with van der Waals surface area (Å²) in [5, 5.41) is 1.65. The van der Waals surface area contributed by atoms with Gasteiger partial charge in [-0.3, -0.25) is 0 Å². The van der Waals surface area contributed by atoms with Gasteiger partial charge in [-0.25, -0.2) is 9.97 Å². The third-order valence-corrected chi connectivity index (χ3v) is 3.57. The number of thioether (sulfide) groups is 1. The van der Waals surface area contributed by atoms with E-state index < -0.39 is 0 Å². The molecule has 0 aromatic carbocycles. The first-order valence-corrected chi connectivity index (χ1v) is 5.89. The number of aromatic nitrogens is 2. The van der Waals surface area contributed by atoms with Gasteiger partial charge in [0.15, 0.2) is 5.13 Å². The molecule has 2 aromatic heterocycles. The molecular formula is C9H9N3S2. The molecule has 2 aromatic rings. The lowest BCUT2D eigenvalue weighted by Crippen LogP contribution is -1.78. The Morgan fingerprint density at radius 2 is 2.29 bits per heavy atom. The highest BCUT2D eigenvalue weighted by atomic mass is 32.2. The van der Waals surface area contributed by atoms with E-state index in [0.29, 0.717) is 5.13 Å². The van der Waals surface area contributed by atoms with E-state index in [2.05, 4.69) is 9.97 Å². The van der Waals surface area contributed by atoms with Gasteiger partial charge in [0.25, 0.3) is 0 Å². The van der Waals surface area contributed by atoms with Crippen LogP contribution in [0.2, 0.25) is 0 Å². The van der Waals surface area contributed by atoms with Gasteiger partial charge in [-0.2, -0.15) is 0 Å². The smallest absolute Gasteiger partial charge is 0.180 e. The summed E-state index contributed by atoms with van der Waals surface area (Å²) < 4.78 is 0. The summed E-state index contributed by atoms with van der Waals surface area (Å²) in [6.45, 7) is 0. The summed E-state index contributed by atoms with van der Waals surface area (Å²) in [6.07, 6.45) is 3.61. The second kappa shape index (κ2) is 4.43. The van der Waals surface area contributed by atoms with Crippen LogP contribution >= 0.6 is 23.1 Å². The van der Waals surface area contributed by atoms with Gasteiger partial charge in [-0.15, -0.1) is 23.1 Å². The van der Waals surface area contributed by atoms with Gasteiger partial charge < -0.3 is 5.73 Å². The molecule has 14 heavy (non-hydrogen) atoms. The maximum Gasteiger partial charge on any atom is 0.180 e. The Morgan fingerprint density at radius 1 is 1.36 bits per heavy atom. The molecule has 72 valence electrons. The number of hydrogen-bond acceptors (Lipinski definition) is 5. The van der Waals surface area contributed by atoms with Crippen molar-refractivity contribution in [1.29, 1.82) is 0 Å². The number of hydrogen-bond donors (Lipinski definition) is 1.